The van der Waals surface area contributed by atoms with E-state index in [9.17, 15) is 0 Å². The monoisotopic (exact) mass is 393 g/mol. The highest BCUT2D eigenvalue weighted by molar-refractivity contribution is 14.0. The largest absolute Gasteiger partial charge is 0.493 e. The van der Waals surface area contributed by atoms with Gasteiger partial charge in [-0.15, -0.1) is 24.0 Å². The quantitative estimate of drug-likeness (QED) is 0.443. The lowest BCUT2D eigenvalue weighted by Gasteiger charge is -2.14. The summed E-state index contributed by atoms with van der Waals surface area (Å²) < 4.78 is 10.8. The highest BCUT2D eigenvalue weighted by atomic mass is 127. The number of nitrogens with zero attached hydrogens (tertiary/aromatic N) is 1. The molecule has 0 aliphatic rings. The highest BCUT2D eigenvalue weighted by Crippen LogP contribution is 2.30. The molecule has 0 saturated carbocycles. The van der Waals surface area contributed by atoms with Gasteiger partial charge in [-0.3, -0.25) is 4.99 Å². The molecule has 0 fully saturated rings. The smallest absolute Gasteiger partial charge is 0.195 e. The van der Waals surface area contributed by atoms with Crippen LogP contribution in [-0.4, -0.2) is 33.3 Å². The SMILES string of the molecule is CCCNC(=NC)Nc1ccc(OC)c(OCC)c1.I. The van der Waals surface area contributed by atoms with E-state index < -0.39 is 0 Å². The van der Waals surface area contributed by atoms with Crippen LogP contribution < -0.4 is 20.1 Å². The third-order valence-electron chi connectivity index (χ3n) is 2.49. The minimum atomic E-state index is 0. The maximum Gasteiger partial charge on any atom is 0.195 e. The Hall–Kier alpha value is -1.18. The van der Waals surface area contributed by atoms with Crippen LogP contribution in [0.15, 0.2) is 23.2 Å². The molecule has 1 aromatic carbocycles. The van der Waals surface area contributed by atoms with Crippen molar-refractivity contribution < 1.29 is 9.47 Å². The molecule has 0 unspecified atom stereocenters. The van der Waals surface area contributed by atoms with Gasteiger partial charge in [-0.25, -0.2) is 0 Å². The van der Waals surface area contributed by atoms with E-state index >= 15 is 0 Å². The fourth-order valence-electron chi connectivity index (χ4n) is 1.58. The zero-order valence-corrected chi connectivity index (χ0v) is 14.9. The molecule has 0 aliphatic carbocycles. The summed E-state index contributed by atoms with van der Waals surface area (Å²) in [5, 5.41) is 6.43. The summed E-state index contributed by atoms with van der Waals surface area (Å²) in [6.07, 6.45) is 1.05. The van der Waals surface area contributed by atoms with Gasteiger partial charge in [-0.05, 0) is 25.5 Å². The molecule has 6 heteroatoms. The van der Waals surface area contributed by atoms with Gasteiger partial charge in [0.25, 0.3) is 0 Å². The molecule has 0 heterocycles. The van der Waals surface area contributed by atoms with Crippen LogP contribution in [0.3, 0.4) is 0 Å². The second kappa shape index (κ2) is 10.6. The summed E-state index contributed by atoms with van der Waals surface area (Å²) in [5.41, 5.74) is 0.911. The number of nitrogens with one attached hydrogen (secondary N) is 2. The molecule has 2 N–H and O–H groups in total. The summed E-state index contributed by atoms with van der Waals surface area (Å²) >= 11 is 0. The summed E-state index contributed by atoms with van der Waals surface area (Å²) in [7, 11) is 3.38. The first kappa shape index (κ1) is 18.8. The fourth-order valence-corrected chi connectivity index (χ4v) is 1.58. The molecule has 0 atom stereocenters. The lowest BCUT2D eigenvalue weighted by molar-refractivity contribution is 0.311. The first-order valence-corrected chi connectivity index (χ1v) is 6.53. The van der Waals surface area contributed by atoms with Crippen molar-refractivity contribution in [3.05, 3.63) is 18.2 Å². The normalized spacial score (nSPS) is 10.5. The number of aliphatic imine (C=N–C) groups is 1. The first-order chi connectivity index (χ1) is 9.24. The minimum Gasteiger partial charge on any atom is -0.493 e. The van der Waals surface area contributed by atoms with E-state index in [0.717, 1.165) is 36.1 Å². The van der Waals surface area contributed by atoms with E-state index in [2.05, 4.69) is 22.5 Å². The van der Waals surface area contributed by atoms with Crippen molar-refractivity contribution in [1.29, 1.82) is 0 Å². The number of halogens is 1. The highest BCUT2D eigenvalue weighted by Gasteiger charge is 2.06. The summed E-state index contributed by atoms with van der Waals surface area (Å²) in [6.45, 7) is 5.54. The van der Waals surface area contributed by atoms with Gasteiger partial charge in [0, 0.05) is 25.3 Å². The summed E-state index contributed by atoms with van der Waals surface area (Å²) in [5.74, 6) is 2.19. The fraction of sp³-hybridized carbons (Fsp3) is 0.500. The maximum atomic E-state index is 5.54. The molecule has 1 aromatic rings. The number of hydrogen-bond donors (Lipinski definition) is 2. The number of anilines is 1. The number of hydrogen-bond acceptors (Lipinski definition) is 3. The van der Waals surface area contributed by atoms with Gasteiger partial charge >= 0.3 is 0 Å². The van der Waals surface area contributed by atoms with Crippen molar-refractivity contribution in [2.45, 2.75) is 20.3 Å². The number of guanidine groups is 1. The average molecular weight is 393 g/mol. The number of ether oxygens (including phenoxy) is 2. The second-order valence-corrected chi connectivity index (χ2v) is 3.92. The lowest BCUT2D eigenvalue weighted by Crippen LogP contribution is -2.31. The zero-order valence-electron chi connectivity index (χ0n) is 12.5. The Bertz CT molecular complexity index is 425. The molecule has 0 spiro atoms. The Kier molecular flexibility index (Phi) is 9.96. The number of benzene rings is 1. The van der Waals surface area contributed by atoms with Crippen LogP contribution in [0, 0.1) is 0 Å². The van der Waals surface area contributed by atoms with Crippen molar-refractivity contribution in [2.24, 2.45) is 4.99 Å². The topological polar surface area (TPSA) is 54.9 Å². The standard InChI is InChI=1S/C14H23N3O2.HI/c1-5-9-16-14(15-3)17-11-7-8-12(18-4)13(10-11)19-6-2;/h7-8,10H,5-6,9H2,1-4H3,(H2,15,16,17);1H. The Morgan fingerprint density at radius 3 is 2.55 bits per heavy atom. The van der Waals surface area contributed by atoms with E-state index in [1.54, 1.807) is 14.2 Å². The lowest BCUT2D eigenvalue weighted by atomic mass is 10.2. The molecule has 0 radical (unpaired) electrons. The van der Waals surface area contributed by atoms with Crippen LogP contribution in [0.1, 0.15) is 20.3 Å². The van der Waals surface area contributed by atoms with Gasteiger partial charge in [-0.1, -0.05) is 6.92 Å². The van der Waals surface area contributed by atoms with E-state index in [1.165, 1.54) is 0 Å². The molecule has 0 aromatic heterocycles. The Labute approximate surface area is 138 Å². The third kappa shape index (κ3) is 5.85. The van der Waals surface area contributed by atoms with Gasteiger partial charge < -0.3 is 20.1 Å². The number of methoxy groups -OCH3 is 1. The summed E-state index contributed by atoms with van der Waals surface area (Å²) in [4.78, 5) is 4.16. The van der Waals surface area contributed by atoms with E-state index in [1.807, 2.05) is 25.1 Å². The second-order valence-electron chi connectivity index (χ2n) is 3.92. The van der Waals surface area contributed by atoms with Crippen LogP contribution in [0.2, 0.25) is 0 Å². The van der Waals surface area contributed by atoms with E-state index in [0.29, 0.717) is 6.61 Å². The zero-order chi connectivity index (χ0) is 14.1. The van der Waals surface area contributed by atoms with Crippen molar-refractivity contribution in [3.63, 3.8) is 0 Å². The summed E-state index contributed by atoms with van der Waals surface area (Å²) in [6, 6.07) is 5.71. The predicted molar refractivity (Wildman–Crippen MR) is 94.9 cm³/mol. The minimum absolute atomic E-state index is 0. The van der Waals surface area contributed by atoms with Crippen molar-refractivity contribution in [2.75, 3.05) is 32.6 Å². The molecule has 0 aliphatic heterocycles. The van der Waals surface area contributed by atoms with Crippen LogP contribution in [0.4, 0.5) is 5.69 Å². The van der Waals surface area contributed by atoms with Gasteiger partial charge in [0.1, 0.15) is 0 Å². The predicted octanol–water partition coefficient (Wildman–Crippen LogP) is 3.11. The molecule has 1 rings (SSSR count). The molecule has 0 bridgehead atoms. The van der Waals surface area contributed by atoms with Crippen molar-refractivity contribution in [3.8, 4) is 11.5 Å². The molecule has 5 nitrogen and oxygen atoms in total. The third-order valence-corrected chi connectivity index (χ3v) is 2.49. The van der Waals surface area contributed by atoms with Crippen molar-refractivity contribution in [1.82, 2.24) is 5.32 Å². The Morgan fingerprint density at radius 2 is 2.00 bits per heavy atom. The van der Waals surface area contributed by atoms with Gasteiger partial charge in [-0.2, -0.15) is 0 Å². The van der Waals surface area contributed by atoms with Gasteiger partial charge in [0.2, 0.25) is 0 Å². The van der Waals surface area contributed by atoms with Crippen LogP contribution >= 0.6 is 24.0 Å². The van der Waals surface area contributed by atoms with Gasteiger partial charge in [0.05, 0.1) is 13.7 Å². The molecule has 20 heavy (non-hydrogen) atoms. The van der Waals surface area contributed by atoms with E-state index in [4.69, 9.17) is 9.47 Å². The Balaban J connectivity index is 0.00000361. The van der Waals surface area contributed by atoms with Gasteiger partial charge in [0.15, 0.2) is 17.5 Å². The molecule has 114 valence electrons. The molecule has 0 saturated heterocycles. The van der Waals surface area contributed by atoms with Crippen LogP contribution in [0.25, 0.3) is 0 Å². The average Bonchev–Trinajstić information content (AvgIpc) is 2.44. The Morgan fingerprint density at radius 1 is 1.25 bits per heavy atom. The maximum absolute atomic E-state index is 5.54. The molecular formula is C14H24IN3O2. The van der Waals surface area contributed by atoms with E-state index in [-0.39, 0.29) is 24.0 Å². The van der Waals surface area contributed by atoms with Crippen LogP contribution in [-0.2, 0) is 0 Å². The first-order valence-electron chi connectivity index (χ1n) is 6.53. The number of rotatable bonds is 6. The molecular weight excluding hydrogens is 369 g/mol. The van der Waals surface area contributed by atoms with Crippen LogP contribution in [0.5, 0.6) is 11.5 Å². The van der Waals surface area contributed by atoms with Crippen molar-refractivity contribution >= 4 is 35.6 Å². The molecule has 0 amide bonds.